The average Bonchev–Trinajstić information content (AvgIpc) is 2.81. The number of hydrogen-bond donors (Lipinski definition) is 1. The molecular formula is C13H18ClNO2. The molecule has 0 amide bonds. The molecule has 0 bridgehead atoms. The minimum Gasteiger partial charge on any atom is -0.488 e. The standard InChI is InChI=1S/C13H18ClNO2/c1-9(15-2)12-4-3-10(7-13(12)14)17-11-5-6-16-8-11/h3-4,7,9,11,15H,5-6,8H2,1-2H3. The molecule has 2 atom stereocenters. The molecule has 0 radical (unpaired) electrons. The van der Waals surface area contributed by atoms with Crippen molar-refractivity contribution in [1.82, 2.24) is 5.32 Å². The summed E-state index contributed by atoms with van der Waals surface area (Å²) in [5, 5.41) is 3.91. The number of nitrogens with one attached hydrogen (secondary N) is 1. The first-order valence-corrected chi connectivity index (χ1v) is 6.29. The number of rotatable bonds is 4. The van der Waals surface area contributed by atoms with Gasteiger partial charge in [-0.15, -0.1) is 0 Å². The Morgan fingerprint density at radius 1 is 1.53 bits per heavy atom. The second-order valence-corrected chi connectivity index (χ2v) is 4.70. The van der Waals surface area contributed by atoms with Crippen molar-refractivity contribution in [3.05, 3.63) is 28.8 Å². The molecule has 2 rings (SSSR count). The summed E-state index contributed by atoms with van der Waals surface area (Å²) in [6.45, 7) is 3.53. The van der Waals surface area contributed by atoms with E-state index < -0.39 is 0 Å². The van der Waals surface area contributed by atoms with E-state index in [0.29, 0.717) is 6.61 Å². The van der Waals surface area contributed by atoms with E-state index in [1.54, 1.807) is 0 Å². The highest BCUT2D eigenvalue weighted by Gasteiger charge is 2.17. The monoisotopic (exact) mass is 255 g/mol. The average molecular weight is 256 g/mol. The van der Waals surface area contributed by atoms with Crippen molar-refractivity contribution in [3.8, 4) is 5.75 Å². The van der Waals surface area contributed by atoms with E-state index in [0.717, 1.165) is 29.4 Å². The molecular weight excluding hydrogens is 238 g/mol. The van der Waals surface area contributed by atoms with Gasteiger partial charge in [-0.3, -0.25) is 0 Å². The van der Waals surface area contributed by atoms with Crippen molar-refractivity contribution in [2.45, 2.75) is 25.5 Å². The van der Waals surface area contributed by atoms with E-state index >= 15 is 0 Å². The van der Waals surface area contributed by atoms with Crippen LogP contribution in [-0.2, 0) is 4.74 Å². The molecule has 0 spiro atoms. The Morgan fingerprint density at radius 3 is 2.94 bits per heavy atom. The van der Waals surface area contributed by atoms with Crippen LogP contribution in [0.5, 0.6) is 5.75 Å². The molecule has 17 heavy (non-hydrogen) atoms. The number of halogens is 1. The lowest BCUT2D eigenvalue weighted by atomic mass is 10.1. The van der Waals surface area contributed by atoms with Crippen LogP contribution in [0.1, 0.15) is 24.9 Å². The van der Waals surface area contributed by atoms with Gasteiger partial charge < -0.3 is 14.8 Å². The van der Waals surface area contributed by atoms with Gasteiger partial charge in [-0.25, -0.2) is 0 Å². The lowest BCUT2D eigenvalue weighted by molar-refractivity contribution is 0.141. The molecule has 2 unspecified atom stereocenters. The summed E-state index contributed by atoms with van der Waals surface area (Å²) >= 11 is 6.24. The van der Waals surface area contributed by atoms with Gasteiger partial charge in [0.15, 0.2) is 0 Å². The van der Waals surface area contributed by atoms with Crippen LogP contribution >= 0.6 is 11.6 Å². The summed E-state index contributed by atoms with van der Waals surface area (Å²) in [5.41, 5.74) is 1.09. The third-order valence-electron chi connectivity index (χ3n) is 3.06. The molecule has 1 aliphatic rings. The van der Waals surface area contributed by atoms with Crippen LogP contribution in [0, 0.1) is 0 Å². The molecule has 1 aromatic carbocycles. The predicted molar refractivity (Wildman–Crippen MR) is 68.8 cm³/mol. The third-order valence-corrected chi connectivity index (χ3v) is 3.39. The fraction of sp³-hybridized carbons (Fsp3) is 0.538. The minimum atomic E-state index is 0.165. The lowest BCUT2D eigenvalue weighted by Gasteiger charge is -2.16. The van der Waals surface area contributed by atoms with Gasteiger partial charge in [-0.1, -0.05) is 17.7 Å². The fourth-order valence-corrected chi connectivity index (χ4v) is 2.22. The van der Waals surface area contributed by atoms with Crippen molar-refractivity contribution in [2.75, 3.05) is 20.3 Å². The largest absolute Gasteiger partial charge is 0.488 e. The molecule has 0 saturated carbocycles. The number of ether oxygens (including phenoxy) is 2. The molecule has 1 saturated heterocycles. The van der Waals surface area contributed by atoms with Crippen LogP contribution in [0.25, 0.3) is 0 Å². The highest BCUT2D eigenvalue weighted by molar-refractivity contribution is 6.31. The van der Waals surface area contributed by atoms with Gasteiger partial charge in [-0.05, 0) is 31.7 Å². The zero-order valence-electron chi connectivity index (χ0n) is 10.2. The van der Waals surface area contributed by atoms with Gasteiger partial charge in [0.25, 0.3) is 0 Å². The number of benzene rings is 1. The van der Waals surface area contributed by atoms with Crippen molar-refractivity contribution in [3.63, 3.8) is 0 Å². The maximum atomic E-state index is 6.24. The number of hydrogen-bond acceptors (Lipinski definition) is 3. The first-order chi connectivity index (χ1) is 8.20. The van der Waals surface area contributed by atoms with E-state index in [2.05, 4.69) is 12.2 Å². The van der Waals surface area contributed by atoms with Gasteiger partial charge in [0.1, 0.15) is 11.9 Å². The fourth-order valence-electron chi connectivity index (χ4n) is 1.89. The molecule has 3 nitrogen and oxygen atoms in total. The van der Waals surface area contributed by atoms with Crippen LogP contribution in [0.4, 0.5) is 0 Å². The van der Waals surface area contributed by atoms with Crippen LogP contribution in [0.3, 0.4) is 0 Å². The lowest BCUT2D eigenvalue weighted by Crippen LogP contribution is -2.16. The maximum absolute atomic E-state index is 6.24. The third kappa shape index (κ3) is 3.12. The Bertz CT molecular complexity index is 378. The van der Waals surface area contributed by atoms with Crippen LogP contribution < -0.4 is 10.1 Å². The summed E-state index contributed by atoms with van der Waals surface area (Å²) in [4.78, 5) is 0. The highest BCUT2D eigenvalue weighted by atomic mass is 35.5. The Hall–Kier alpha value is -0.770. The minimum absolute atomic E-state index is 0.165. The normalized spacial score (nSPS) is 21.5. The molecule has 1 heterocycles. The van der Waals surface area contributed by atoms with E-state index in [1.807, 2.05) is 25.2 Å². The Morgan fingerprint density at radius 2 is 2.35 bits per heavy atom. The van der Waals surface area contributed by atoms with E-state index in [1.165, 1.54) is 0 Å². The van der Waals surface area contributed by atoms with E-state index in [4.69, 9.17) is 21.1 Å². The van der Waals surface area contributed by atoms with Crippen molar-refractivity contribution < 1.29 is 9.47 Å². The first-order valence-electron chi connectivity index (χ1n) is 5.92. The molecule has 0 aromatic heterocycles. The van der Waals surface area contributed by atoms with Gasteiger partial charge in [0, 0.05) is 17.5 Å². The smallest absolute Gasteiger partial charge is 0.124 e. The Balaban J connectivity index is 2.07. The van der Waals surface area contributed by atoms with Crippen LogP contribution in [0.2, 0.25) is 5.02 Å². The summed E-state index contributed by atoms with van der Waals surface area (Å²) in [6.07, 6.45) is 1.12. The molecule has 1 fully saturated rings. The topological polar surface area (TPSA) is 30.5 Å². The van der Waals surface area contributed by atoms with Gasteiger partial charge in [0.2, 0.25) is 0 Å². The summed E-state index contributed by atoms with van der Waals surface area (Å²) in [6, 6.07) is 6.09. The molecule has 94 valence electrons. The van der Waals surface area contributed by atoms with E-state index in [-0.39, 0.29) is 12.1 Å². The van der Waals surface area contributed by atoms with Crippen LogP contribution in [0.15, 0.2) is 18.2 Å². The zero-order chi connectivity index (χ0) is 12.3. The molecule has 1 aliphatic heterocycles. The van der Waals surface area contributed by atoms with Gasteiger partial charge >= 0.3 is 0 Å². The second kappa shape index (κ2) is 5.71. The first kappa shape index (κ1) is 12.7. The maximum Gasteiger partial charge on any atom is 0.124 e. The predicted octanol–water partition coefficient (Wildman–Crippen LogP) is 2.79. The SMILES string of the molecule is CNC(C)c1ccc(OC2CCOC2)cc1Cl. The summed E-state index contributed by atoms with van der Waals surface area (Å²) < 4.78 is 11.1. The summed E-state index contributed by atoms with van der Waals surface area (Å²) in [7, 11) is 1.92. The Kier molecular flexibility index (Phi) is 4.26. The van der Waals surface area contributed by atoms with Crippen molar-refractivity contribution in [2.24, 2.45) is 0 Å². The van der Waals surface area contributed by atoms with Gasteiger partial charge in [-0.2, -0.15) is 0 Å². The van der Waals surface area contributed by atoms with Gasteiger partial charge in [0.05, 0.1) is 13.2 Å². The van der Waals surface area contributed by atoms with Crippen molar-refractivity contribution >= 4 is 11.6 Å². The van der Waals surface area contributed by atoms with Crippen molar-refractivity contribution in [1.29, 1.82) is 0 Å². The second-order valence-electron chi connectivity index (χ2n) is 4.30. The van der Waals surface area contributed by atoms with E-state index in [9.17, 15) is 0 Å². The van der Waals surface area contributed by atoms with Crippen LogP contribution in [-0.4, -0.2) is 26.4 Å². The zero-order valence-corrected chi connectivity index (χ0v) is 11.0. The molecule has 1 N–H and O–H groups in total. The Labute approximate surface area is 107 Å². The molecule has 1 aromatic rings. The summed E-state index contributed by atoms with van der Waals surface area (Å²) in [5.74, 6) is 0.817. The molecule has 0 aliphatic carbocycles. The quantitative estimate of drug-likeness (QED) is 0.898. The highest BCUT2D eigenvalue weighted by Crippen LogP contribution is 2.28. The molecule has 4 heteroatoms.